The lowest BCUT2D eigenvalue weighted by molar-refractivity contribution is 0.271. The second kappa shape index (κ2) is 5.17. The Bertz CT molecular complexity index is 468. The van der Waals surface area contributed by atoms with E-state index < -0.39 is 6.10 Å². The minimum absolute atomic E-state index is 0.0226. The predicted octanol–water partition coefficient (Wildman–Crippen LogP) is 2.13. The zero-order valence-electron chi connectivity index (χ0n) is 7.68. The zero-order chi connectivity index (χ0) is 11.3. The summed E-state index contributed by atoms with van der Waals surface area (Å²) >= 11 is 5.85. The molecule has 74 valence electrons. The first kappa shape index (κ1) is 11.3. The quantitative estimate of drug-likeness (QED) is 0.611. The molecule has 0 fully saturated rings. The normalized spacial score (nSPS) is 12.7. The van der Waals surface area contributed by atoms with Crippen LogP contribution in [0.2, 0.25) is 5.02 Å². The second-order valence-electron chi connectivity index (χ2n) is 2.76. The molecule has 1 aromatic carbocycles. The van der Waals surface area contributed by atoms with E-state index in [4.69, 9.17) is 22.1 Å². The van der Waals surface area contributed by atoms with Gasteiger partial charge in [0.2, 0.25) is 0 Å². The van der Waals surface area contributed by atoms with Crippen LogP contribution in [0, 0.1) is 22.7 Å². The highest BCUT2D eigenvalue weighted by atomic mass is 35.5. The molecule has 0 saturated carbocycles. The van der Waals surface area contributed by atoms with Crippen LogP contribution in [0.15, 0.2) is 29.8 Å². The molecule has 0 unspecified atom stereocenters. The Morgan fingerprint density at radius 1 is 1.40 bits per heavy atom. The van der Waals surface area contributed by atoms with Crippen LogP contribution in [0.4, 0.5) is 0 Å². The Balaban J connectivity index is 3.12. The number of rotatable bonds is 2. The van der Waals surface area contributed by atoms with Gasteiger partial charge < -0.3 is 5.11 Å². The Kier molecular flexibility index (Phi) is 3.88. The third-order valence-corrected chi connectivity index (χ3v) is 2.11. The summed E-state index contributed by atoms with van der Waals surface area (Å²) in [6.07, 6.45) is -0.0118. The van der Waals surface area contributed by atoms with Crippen molar-refractivity contribution in [2.24, 2.45) is 0 Å². The highest BCUT2D eigenvalue weighted by Gasteiger charge is 2.09. The van der Waals surface area contributed by atoms with Crippen molar-refractivity contribution in [3.05, 3.63) is 40.4 Å². The number of nitriles is 2. The van der Waals surface area contributed by atoms with Crippen molar-refractivity contribution in [1.82, 2.24) is 0 Å². The average molecular weight is 219 g/mol. The standard InChI is InChI=1S/C11H7ClN2O/c12-10-4-2-1-3-8(10)5-9(6-13)11(15)7-14/h1-5,11,15H/b9-5+/t11-/m1/s1. The Morgan fingerprint density at radius 2 is 2.07 bits per heavy atom. The van der Waals surface area contributed by atoms with E-state index in [-0.39, 0.29) is 5.57 Å². The molecule has 0 bridgehead atoms. The van der Waals surface area contributed by atoms with Crippen LogP contribution in [-0.4, -0.2) is 11.2 Å². The molecule has 3 nitrogen and oxygen atoms in total. The van der Waals surface area contributed by atoms with Gasteiger partial charge in [0.05, 0.1) is 17.7 Å². The minimum atomic E-state index is -1.41. The van der Waals surface area contributed by atoms with E-state index in [1.165, 1.54) is 6.08 Å². The fraction of sp³-hybridized carbons (Fsp3) is 0.0909. The Labute approximate surface area is 92.4 Å². The zero-order valence-corrected chi connectivity index (χ0v) is 8.44. The lowest BCUT2D eigenvalue weighted by Crippen LogP contribution is -2.04. The fourth-order valence-electron chi connectivity index (χ4n) is 1.00. The van der Waals surface area contributed by atoms with E-state index in [1.807, 2.05) is 0 Å². The number of benzene rings is 1. The van der Waals surface area contributed by atoms with Crippen molar-refractivity contribution in [3.63, 3.8) is 0 Å². The SMILES string of the molecule is N#C/C(=C\c1ccccc1Cl)[C@H](O)C#N. The molecule has 0 saturated heterocycles. The number of aliphatic hydroxyl groups is 1. The van der Waals surface area contributed by atoms with E-state index >= 15 is 0 Å². The maximum Gasteiger partial charge on any atom is 0.175 e. The predicted molar refractivity (Wildman–Crippen MR) is 56.7 cm³/mol. The number of nitrogens with zero attached hydrogens (tertiary/aromatic N) is 2. The summed E-state index contributed by atoms with van der Waals surface area (Å²) in [6.45, 7) is 0. The molecule has 15 heavy (non-hydrogen) atoms. The van der Waals surface area contributed by atoms with Gasteiger partial charge in [-0.05, 0) is 17.7 Å². The van der Waals surface area contributed by atoms with Crippen LogP contribution < -0.4 is 0 Å². The molecule has 0 aliphatic carbocycles. The van der Waals surface area contributed by atoms with Crippen molar-refractivity contribution in [2.75, 3.05) is 0 Å². The molecular formula is C11H7ClN2O. The van der Waals surface area contributed by atoms with Gasteiger partial charge in [0.1, 0.15) is 0 Å². The number of halogens is 1. The van der Waals surface area contributed by atoms with Gasteiger partial charge in [0, 0.05) is 5.02 Å². The van der Waals surface area contributed by atoms with Gasteiger partial charge in [0.25, 0.3) is 0 Å². The number of hydrogen-bond donors (Lipinski definition) is 1. The second-order valence-corrected chi connectivity index (χ2v) is 3.17. The number of hydrogen-bond acceptors (Lipinski definition) is 3. The first-order chi connectivity index (χ1) is 7.19. The molecule has 1 N–H and O–H groups in total. The maximum atomic E-state index is 9.17. The average Bonchev–Trinajstić information content (AvgIpc) is 2.27. The first-order valence-electron chi connectivity index (χ1n) is 4.13. The lowest BCUT2D eigenvalue weighted by Gasteiger charge is -2.00. The Morgan fingerprint density at radius 3 is 2.60 bits per heavy atom. The fourth-order valence-corrected chi connectivity index (χ4v) is 1.19. The third kappa shape index (κ3) is 2.82. The summed E-state index contributed by atoms with van der Waals surface area (Å²) in [6, 6.07) is 10.2. The molecular weight excluding hydrogens is 212 g/mol. The van der Waals surface area contributed by atoms with Crippen LogP contribution in [0.3, 0.4) is 0 Å². The van der Waals surface area contributed by atoms with E-state index in [9.17, 15) is 5.11 Å². The molecule has 0 heterocycles. The monoisotopic (exact) mass is 218 g/mol. The molecule has 1 atom stereocenters. The van der Waals surface area contributed by atoms with Gasteiger partial charge in [-0.15, -0.1) is 0 Å². The molecule has 0 radical (unpaired) electrons. The van der Waals surface area contributed by atoms with Gasteiger partial charge in [0.15, 0.2) is 6.10 Å². The Hall–Kier alpha value is -1.81. The van der Waals surface area contributed by atoms with Gasteiger partial charge in [-0.3, -0.25) is 0 Å². The molecule has 0 amide bonds. The summed E-state index contributed by atoms with van der Waals surface area (Å²) < 4.78 is 0. The van der Waals surface area contributed by atoms with Crippen molar-refractivity contribution in [1.29, 1.82) is 10.5 Å². The summed E-state index contributed by atoms with van der Waals surface area (Å²) in [4.78, 5) is 0. The molecule has 1 rings (SSSR count). The largest absolute Gasteiger partial charge is 0.373 e. The summed E-state index contributed by atoms with van der Waals surface area (Å²) in [5, 5.41) is 26.8. The van der Waals surface area contributed by atoms with Crippen LogP contribution in [0.25, 0.3) is 6.08 Å². The molecule has 0 aromatic heterocycles. The third-order valence-electron chi connectivity index (χ3n) is 1.76. The highest BCUT2D eigenvalue weighted by molar-refractivity contribution is 6.32. The first-order valence-corrected chi connectivity index (χ1v) is 4.50. The van der Waals surface area contributed by atoms with E-state index in [1.54, 1.807) is 36.4 Å². The van der Waals surface area contributed by atoms with Gasteiger partial charge in [-0.1, -0.05) is 29.8 Å². The van der Waals surface area contributed by atoms with Crippen LogP contribution in [-0.2, 0) is 0 Å². The number of aliphatic hydroxyl groups excluding tert-OH is 1. The van der Waals surface area contributed by atoms with Gasteiger partial charge in [-0.2, -0.15) is 10.5 Å². The van der Waals surface area contributed by atoms with Crippen molar-refractivity contribution in [2.45, 2.75) is 6.10 Å². The summed E-state index contributed by atoms with van der Waals surface area (Å²) in [5.41, 5.74) is 0.579. The lowest BCUT2D eigenvalue weighted by atomic mass is 10.1. The van der Waals surface area contributed by atoms with E-state index in [0.717, 1.165) is 0 Å². The van der Waals surface area contributed by atoms with Crippen molar-refractivity contribution >= 4 is 17.7 Å². The van der Waals surface area contributed by atoms with Crippen molar-refractivity contribution < 1.29 is 5.11 Å². The van der Waals surface area contributed by atoms with Crippen LogP contribution in [0.5, 0.6) is 0 Å². The smallest absolute Gasteiger partial charge is 0.175 e. The minimum Gasteiger partial charge on any atom is -0.373 e. The summed E-state index contributed by atoms with van der Waals surface area (Å²) in [5.74, 6) is 0. The van der Waals surface area contributed by atoms with Crippen molar-refractivity contribution in [3.8, 4) is 12.1 Å². The van der Waals surface area contributed by atoms with Gasteiger partial charge in [-0.25, -0.2) is 0 Å². The molecule has 0 aliphatic rings. The van der Waals surface area contributed by atoms with Crippen LogP contribution >= 0.6 is 11.6 Å². The van der Waals surface area contributed by atoms with E-state index in [0.29, 0.717) is 10.6 Å². The molecule has 1 aromatic rings. The highest BCUT2D eigenvalue weighted by Crippen LogP contribution is 2.18. The molecule has 0 spiro atoms. The molecule has 4 heteroatoms. The molecule has 0 aliphatic heterocycles. The van der Waals surface area contributed by atoms with E-state index in [2.05, 4.69) is 0 Å². The topological polar surface area (TPSA) is 67.8 Å². The van der Waals surface area contributed by atoms with Crippen LogP contribution in [0.1, 0.15) is 5.56 Å². The summed E-state index contributed by atoms with van der Waals surface area (Å²) in [7, 11) is 0. The maximum absolute atomic E-state index is 9.17. The van der Waals surface area contributed by atoms with Gasteiger partial charge >= 0.3 is 0 Å².